The van der Waals surface area contributed by atoms with Gasteiger partial charge in [0, 0.05) is 6.04 Å². The van der Waals surface area contributed by atoms with Crippen LogP contribution in [0.5, 0.6) is 0 Å². The van der Waals surface area contributed by atoms with Crippen molar-refractivity contribution >= 4 is 45.8 Å². The Morgan fingerprint density at radius 2 is 1.67 bits per heavy atom. The van der Waals surface area contributed by atoms with Crippen molar-refractivity contribution in [2.24, 2.45) is 5.92 Å². The highest BCUT2D eigenvalue weighted by atomic mass is 35.5. The van der Waals surface area contributed by atoms with Gasteiger partial charge in [-0.15, -0.1) is 11.6 Å². The van der Waals surface area contributed by atoms with Gasteiger partial charge in [0.25, 0.3) is 0 Å². The van der Waals surface area contributed by atoms with E-state index in [4.69, 9.17) is 34.8 Å². The molecule has 116 valence electrons. The molecule has 0 N–H and O–H groups in total. The number of rotatable bonds is 5. The fourth-order valence-electron chi connectivity index (χ4n) is 3.00. The highest BCUT2D eigenvalue weighted by Gasteiger charge is 2.24. The van der Waals surface area contributed by atoms with Crippen molar-refractivity contribution in [2.75, 3.05) is 0 Å². The summed E-state index contributed by atoms with van der Waals surface area (Å²) in [6.45, 7) is 8.61. The van der Waals surface area contributed by atoms with Gasteiger partial charge in [0.1, 0.15) is 5.82 Å². The van der Waals surface area contributed by atoms with E-state index in [1.807, 2.05) is 19.1 Å². The van der Waals surface area contributed by atoms with E-state index in [2.05, 4.69) is 30.3 Å². The van der Waals surface area contributed by atoms with Gasteiger partial charge in [0.15, 0.2) is 0 Å². The van der Waals surface area contributed by atoms with Crippen molar-refractivity contribution in [1.29, 1.82) is 0 Å². The van der Waals surface area contributed by atoms with Crippen LogP contribution in [0, 0.1) is 5.92 Å². The molecule has 0 radical (unpaired) electrons. The zero-order valence-corrected chi connectivity index (χ0v) is 15.1. The van der Waals surface area contributed by atoms with Crippen LogP contribution in [0.2, 0.25) is 10.0 Å². The second-order valence-electron chi connectivity index (χ2n) is 5.53. The molecule has 1 aromatic heterocycles. The largest absolute Gasteiger partial charge is 0.324 e. The topological polar surface area (TPSA) is 17.8 Å². The van der Waals surface area contributed by atoms with E-state index < -0.39 is 0 Å². The molecule has 21 heavy (non-hydrogen) atoms. The summed E-state index contributed by atoms with van der Waals surface area (Å²) in [6, 6.07) is 4.03. The average Bonchev–Trinajstić information content (AvgIpc) is 2.79. The summed E-state index contributed by atoms with van der Waals surface area (Å²) in [5.74, 6) is 1.45. The van der Waals surface area contributed by atoms with Gasteiger partial charge in [-0.25, -0.2) is 4.98 Å². The lowest BCUT2D eigenvalue weighted by molar-refractivity contribution is 0.332. The molecule has 0 spiro atoms. The summed E-state index contributed by atoms with van der Waals surface area (Å²) in [4.78, 5) is 4.67. The number of fused-ring (bicyclic) bond motifs is 1. The van der Waals surface area contributed by atoms with Gasteiger partial charge in [-0.05, 0) is 31.9 Å². The van der Waals surface area contributed by atoms with Gasteiger partial charge in [0.05, 0.1) is 26.5 Å². The molecule has 1 heterocycles. The highest BCUT2D eigenvalue weighted by molar-refractivity contribution is 6.42. The molecule has 5 heteroatoms. The molecule has 0 bridgehead atoms. The maximum absolute atomic E-state index is 6.35. The number of hydrogen-bond acceptors (Lipinski definition) is 1. The third-order valence-electron chi connectivity index (χ3n) is 4.25. The van der Waals surface area contributed by atoms with Gasteiger partial charge >= 0.3 is 0 Å². The predicted octanol–water partition coefficient (Wildman–Crippen LogP) is 6.64. The lowest BCUT2D eigenvalue weighted by atomic mass is 9.95. The third-order valence-corrected chi connectivity index (χ3v) is 5.17. The van der Waals surface area contributed by atoms with E-state index >= 15 is 0 Å². The maximum Gasteiger partial charge on any atom is 0.127 e. The molecular weight excluding hydrogens is 327 g/mol. The van der Waals surface area contributed by atoms with Crippen LogP contribution in [0.1, 0.15) is 57.8 Å². The molecule has 2 atom stereocenters. The van der Waals surface area contributed by atoms with Crippen LogP contribution in [0.15, 0.2) is 12.1 Å². The molecule has 0 fully saturated rings. The van der Waals surface area contributed by atoms with Crippen LogP contribution in [0.25, 0.3) is 11.0 Å². The zero-order valence-electron chi connectivity index (χ0n) is 12.8. The van der Waals surface area contributed by atoms with Gasteiger partial charge in [-0.3, -0.25) is 0 Å². The van der Waals surface area contributed by atoms with E-state index in [1.54, 1.807) is 0 Å². The summed E-state index contributed by atoms with van der Waals surface area (Å²) in [5.41, 5.74) is 1.86. The Kier molecular flexibility index (Phi) is 5.45. The zero-order chi connectivity index (χ0) is 15.7. The monoisotopic (exact) mass is 346 g/mol. The first-order valence-electron chi connectivity index (χ1n) is 7.41. The number of benzene rings is 1. The van der Waals surface area contributed by atoms with Crippen molar-refractivity contribution < 1.29 is 0 Å². The van der Waals surface area contributed by atoms with Crippen molar-refractivity contribution in [3.8, 4) is 0 Å². The molecule has 2 aromatic rings. The van der Waals surface area contributed by atoms with Crippen molar-refractivity contribution in [2.45, 2.75) is 52.0 Å². The number of halogens is 3. The number of aromatic nitrogens is 2. The van der Waals surface area contributed by atoms with E-state index in [1.165, 1.54) is 0 Å². The number of nitrogens with zero attached hydrogens (tertiary/aromatic N) is 2. The molecule has 0 aliphatic rings. The van der Waals surface area contributed by atoms with Crippen LogP contribution in [-0.2, 0) is 0 Å². The number of imidazole rings is 1. The first kappa shape index (κ1) is 16.9. The van der Waals surface area contributed by atoms with Gasteiger partial charge in [0.2, 0.25) is 0 Å². The molecule has 0 amide bonds. The minimum atomic E-state index is -0.160. The summed E-state index contributed by atoms with van der Waals surface area (Å²) in [7, 11) is 0. The van der Waals surface area contributed by atoms with Crippen LogP contribution >= 0.6 is 34.8 Å². The Balaban J connectivity index is 2.68. The Hall–Kier alpha value is -0.440. The number of hydrogen-bond donors (Lipinski definition) is 0. The van der Waals surface area contributed by atoms with Gasteiger partial charge < -0.3 is 4.57 Å². The molecule has 0 saturated carbocycles. The standard InChI is InChI=1S/C16H21Cl3N2/c1-5-11(6-2)10(4)21-15-8-13(19)12(18)7-14(15)20-16(21)9(3)17/h7-11H,5-6H2,1-4H3. The van der Waals surface area contributed by atoms with E-state index in [0.717, 1.165) is 29.7 Å². The van der Waals surface area contributed by atoms with E-state index in [-0.39, 0.29) is 5.38 Å². The second kappa shape index (κ2) is 6.76. The summed E-state index contributed by atoms with van der Waals surface area (Å²) in [6.07, 6.45) is 2.24. The maximum atomic E-state index is 6.35. The average molecular weight is 348 g/mol. The molecule has 0 aliphatic heterocycles. The number of alkyl halides is 1. The normalized spacial score (nSPS) is 14.9. The molecule has 2 unspecified atom stereocenters. The molecule has 1 aromatic carbocycles. The Morgan fingerprint density at radius 1 is 1.10 bits per heavy atom. The SMILES string of the molecule is CCC(CC)C(C)n1c(C(C)Cl)nc2cc(Cl)c(Cl)cc21. The Morgan fingerprint density at radius 3 is 2.19 bits per heavy atom. The highest BCUT2D eigenvalue weighted by Crippen LogP contribution is 2.36. The summed E-state index contributed by atoms with van der Waals surface area (Å²) in [5, 5.41) is 0.917. The van der Waals surface area contributed by atoms with Crippen LogP contribution in [0.3, 0.4) is 0 Å². The fourth-order valence-corrected chi connectivity index (χ4v) is 3.47. The summed E-state index contributed by atoms with van der Waals surface area (Å²) < 4.78 is 2.23. The molecule has 0 saturated heterocycles. The molecular formula is C16H21Cl3N2. The second-order valence-corrected chi connectivity index (χ2v) is 7.00. The third kappa shape index (κ3) is 3.18. The predicted molar refractivity (Wildman–Crippen MR) is 92.8 cm³/mol. The first-order chi connectivity index (χ1) is 9.90. The fraction of sp³-hybridized carbons (Fsp3) is 0.562. The van der Waals surface area contributed by atoms with Crippen LogP contribution < -0.4 is 0 Å². The lowest BCUT2D eigenvalue weighted by Crippen LogP contribution is -2.18. The summed E-state index contributed by atoms with van der Waals surface area (Å²) >= 11 is 18.7. The minimum absolute atomic E-state index is 0.160. The minimum Gasteiger partial charge on any atom is -0.324 e. The van der Waals surface area contributed by atoms with Gasteiger partial charge in [-0.1, -0.05) is 49.9 Å². The van der Waals surface area contributed by atoms with Gasteiger partial charge in [-0.2, -0.15) is 0 Å². The van der Waals surface area contributed by atoms with E-state index in [9.17, 15) is 0 Å². The first-order valence-corrected chi connectivity index (χ1v) is 8.60. The van der Waals surface area contributed by atoms with Crippen LogP contribution in [-0.4, -0.2) is 9.55 Å². The van der Waals surface area contributed by atoms with Crippen molar-refractivity contribution in [1.82, 2.24) is 9.55 Å². The van der Waals surface area contributed by atoms with Crippen molar-refractivity contribution in [3.05, 3.63) is 28.0 Å². The quantitative estimate of drug-likeness (QED) is 0.554. The smallest absolute Gasteiger partial charge is 0.127 e. The van der Waals surface area contributed by atoms with Crippen LogP contribution in [0.4, 0.5) is 0 Å². The molecule has 2 nitrogen and oxygen atoms in total. The van der Waals surface area contributed by atoms with Crippen molar-refractivity contribution in [3.63, 3.8) is 0 Å². The molecule has 0 aliphatic carbocycles. The van der Waals surface area contributed by atoms with E-state index in [0.29, 0.717) is 22.0 Å². The Labute approximate surface area is 141 Å². The molecule has 2 rings (SSSR count). The Bertz CT molecular complexity index is 630. The lowest BCUT2D eigenvalue weighted by Gasteiger charge is -2.26.